The molecule has 1 aliphatic rings. The summed E-state index contributed by atoms with van der Waals surface area (Å²) in [5.41, 5.74) is 7.66. The van der Waals surface area contributed by atoms with Gasteiger partial charge in [0, 0.05) is 12.2 Å². The number of ether oxygens (including phenoxy) is 2. The minimum atomic E-state index is -3.99. The van der Waals surface area contributed by atoms with Gasteiger partial charge in [-0.25, -0.2) is 17.9 Å². The van der Waals surface area contributed by atoms with Crippen LogP contribution in [0.1, 0.15) is 74.4 Å². The summed E-state index contributed by atoms with van der Waals surface area (Å²) in [6.07, 6.45) is 4.70. The second-order valence-electron chi connectivity index (χ2n) is 13.2. The predicted octanol–water partition coefficient (Wildman–Crippen LogP) is 4.90. The topological polar surface area (TPSA) is 177 Å². The van der Waals surface area contributed by atoms with E-state index in [0.29, 0.717) is 30.0 Å². The molecule has 48 heavy (non-hydrogen) atoms. The third-order valence-electron chi connectivity index (χ3n) is 8.69. The maximum atomic E-state index is 12.9. The Bertz CT molecular complexity index is 1650. The fourth-order valence-corrected chi connectivity index (χ4v) is 6.34. The number of alkyl carbamates (subject to hydrolysis) is 1. The number of carbonyl (C=O) groups is 2. The van der Waals surface area contributed by atoms with E-state index < -0.39 is 45.4 Å². The maximum Gasteiger partial charge on any atom is 0.407 e. The highest BCUT2D eigenvalue weighted by molar-refractivity contribution is 7.90. The molecule has 1 atom stereocenters. The van der Waals surface area contributed by atoms with Gasteiger partial charge >= 0.3 is 6.09 Å². The molecule has 3 aromatic carbocycles. The van der Waals surface area contributed by atoms with E-state index in [4.69, 9.17) is 20.3 Å². The second kappa shape index (κ2) is 15.8. The van der Waals surface area contributed by atoms with Crippen molar-refractivity contribution >= 4 is 27.7 Å². The number of hydrogen-bond acceptors (Lipinski definition) is 9. The molecule has 2 amide bonds. The minimum absolute atomic E-state index is 0.0730. The van der Waals surface area contributed by atoms with Crippen molar-refractivity contribution in [2.45, 2.75) is 71.0 Å². The van der Waals surface area contributed by atoms with Crippen LogP contribution in [-0.4, -0.2) is 62.2 Å². The molecular weight excluding hydrogens is 634 g/mol. The summed E-state index contributed by atoms with van der Waals surface area (Å²) < 4.78 is 38.0. The van der Waals surface area contributed by atoms with E-state index >= 15 is 0 Å². The molecule has 0 aromatic heterocycles. The fourth-order valence-electron chi connectivity index (χ4n) is 5.60. The van der Waals surface area contributed by atoms with Gasteiger partial charge in [0.2, 0.25) is 10.0 Å². The predicted molar refractivity (Wildman–Crippen MR) is 185 cm³/mol. The Hall–Kier alpha value is -4.13. The number of carbonyl (C=O) groups excluding carboxylic acids is 2. The van der Waals surface area contributed by atoms with Crippen LogP contribution >= 0.6 is 0 Å². The van der Waals surface area contributed by atoms with Crippen molar-refractivity contribution in [3.63, 3.8) is 0 Å². The molecular formula is C36H47N3O8S. The summed E-state index contributed by atoms with van der Waals surface area (Å²) in [6.45, 7) is 5.10. The highest BCUT2D eigenvalue weighted by Gasteiger charge is 2.43. The molecule has 1 aliphatic carbocycles. The van der Waals surface area contributed by atoms with Gasteiger partial charge in [0.1, 0.15) is 18.0 Å². The van der Waals surface area contributed by atoms with Gasteiger partial charge in [0.25, 0.3) is 5.91 Å². The highest BCUT2D eigenvalue weighted by atomic mass is 32.2. The molecule has 0 bridgehead atoms. The van der Waals surface area contributed by atoms with E-state index in [0.717, 1.165) is 48.8 Å². The number of sulfonamides is 1. The molecule has 260 valence electrons. The largest absolute Gasteiger partial charge is 0.490 e. The molecule has 11 nitrogen and oxygen atoms in total. The summed E-state index contributed by atoms with van der Waals surface area (Å²) >= 11 is 0. The van der Waals surface area contributed by atoms with Gasteiger partial charge in [-0.3, -0.25) is 4.79 Å². The number of nitrogens with one attached hydrogen (secondary N) is 2. The van der Waals surface area contributed by atoms with Gasteiger partial charge in [-0.1, -0.05) is 69.7 Å². The maximum absolute atomic E-state index is 12.9. The van der Waals surface area contributed by atoms with Crippen molar-refractivity contribution in [1.82, 2.24) is 10.0 Å². The first-order valence-electron chi connectivity index (χ1n) is 16.3. The van der Waals surface area contributed by atoms with Crippen LogP contribution in [0.15, 0.2) is 66.7 Å². The van der Waals surface area contributed by atoms with Gasteiger partial charge in [-0.05, 0) is 84.0 Å². The average molecular weight is 682 g/mol. The van der Waals surface area contributed by atoms with Gasteiger partial charge in [-0.2, -0.15) is 0 Å². The molecule has 1 fully saturated rings. The van der Waals surface area contributed by atoms with Crippen LogP contribution in [-0.2, 0) is 26.8 Å². The van der Waals surface area contributed by atoms with Crippen LogP contribution in [0.2, 0.25) is 0 Å². The first-order valence-corrected chi connectivity index (χ1v) is 17.9. The molecule has 3 aromatic rings. The van der Waals surface area contributed by atoms with Gasteiger partial charge in [0.15, 0.2) is 0 Å². The lowest BCUT2D eigenvalue weighted by Crippen LogP contribution is -2.45. The number of nitrogen functional groups attached to an aromatic ring is 1. The summed E-state index contributed by atoms with van der Waals surface area (Å²) in [4.78, 5) is 25.5. The van der Waals surface area contributed by atoms with Crippen LogP contribution in [0.3, 0.4) is 0 Å². The zero-order valence-electron chi connectivity index (χ0n) is 27.8. The zero-order chi connectivity index (χ0) is 35.0. The molecule has 0 saturated heterocycles. The van der Waals surface area contributed by atoms with Gasteiger partial charge < -0.3 is 30.7 Å². The molecule has 1 saturated carbocycles. The van der Waals surface area contributed by atoms with Crippen molar-refractivity contribution in [1.29, 1.82) is 0 Å². The average Bonchev–Trinajstić information content (AvgIpc) is 3.04. The first-order chi connectivity index (χ1) is 22.7. The van der Waals surface area contributed by atoms with E-state index in [1.165, 1.54) is 0 Å². The molecule has 0 radical (unpaired) electrons. The van der Waals surface area contributed by atoms with Crippen molar-refractivity contribution in [3.8, 4) is 16.9 Å². The quantitative estimate of drug-likeness (QED) is 0.157. The lowest BCUT2D eigenvalue weighted by Gasteiger charge is -2.40. The van der Waals surface area contributed by atoms with Crippen molar-refractivity contribution < 1.29 is 37.7 Å². The molecule has 0 spiro atoms. The number of hydrogen-bond donors (Lipinski definition) is 5. The van der Waals surface area contributed by atoms with Crippen molar-refractivity contribution in [3.05, 3.63) is 83.4 Å². The number of aliphatic hydroxyl groups is 2. The summed E-state index contributed by atoms with van der Waals surface area (Å²) in [7, 11) is -3.99. The Labute approximate surface area is 282 Å². The molecule has 0 aliphatic heterocycles. The van der Waals surface area contributed by atoms with E-state index in [1.54, 1.807) is 42.5 Å². The summed E-state index contributed by atoms with van der Waals surface area (Å²) in [6, 6.07) is 19.6. The van der Waals surface area contributed by atoms with Gasteiger partial charge in [-0.15, -0.1) is 0 Å². The lowest BCUT2D eigenvalue weighted by molar-refractivity contribution is -0.103. The number of aliphatic hydroxyl groups excluding tert-OH is 1. The van der Waals surface area contributed by atoms with E-state index in [-0.39, 0.29) is 18.3 Å². The Morgan fingerprint density at radius 3 is 2.21 bits per heavy atom. The van der Waals surface area contributed by atoms with Crippen LogP contribution in [0.4, 0.5) is 10.5 Å². The number of amides is 2. The monoisotopic (exact) mass is 681 g/mol. The highest BCUT2D eigenvalue weighted by Crippen LogP contribution is 2.40. The van der Waals surface area contributed by atoms with Crippen LogP contribution in [0, 0.1) is 5.41 Å². The Morgan fingerprint density at radius 2 is 1.58 bits per heavy atom. The Morgan fingerprint density at radius 1 is 0.938 bits per heavy atom. The lowest BCUT2D eigenvalue weighted by atomic mass is 9.72. The zero-order valence-corrected chi connectivity index (χ0v) is 28.6. The Kier molecular flexibility index (Phi) is 12.1. The Balaban J connectivity index is 1.38. The summed E-state index contributed by atoms with van der Waals surface area (Å²) in [5.74, 6) is -1.09. The minimum Gasteiger partial charge on any atom is -0.490 e. The molecule has 12 heteroatoms. The molecule has 0 heterocycles. The smallest absolute Gasteiger partial charge is 0.407 e. The molecule has 4 rings (SSSR count). The van der Waals surface area contributed by atoms with Crippen molar-refractivity contribution in [2.24, 2.45) is 5.41 Å². The SMILES string of the molecule is CC(C)(C)[C@](O)(COC(=O)NCCc1ccc(-c2ccc(C(=O)NS(=O)(=O)CCO)c(OC3CCCCC3)c2)cc1)c1ccc(N)cc1. The van der Waals surface area contributed by atoms with Crippen LogP contribution < -0.4 is 20.5 Å². The number of nitrogens with two attached hydrogens (primary N) is 1. The number of anilines is 1. The standard InChI is InChI=1S/C36H47N3O8S/c1-35(2,3)36(43,28-14-16-29(37)17-15-28)24-46-34(42)38-20-19-25-9-11-26(12-10-25)27-13-18-31(33(41)39-48(44,45)22-21-40)32(23-27)47-30-7-5-4-6-8-30/h9-18,23,30,40,43H,4-8,19-22,24,37H2,1-3H3,(H,38,42)(H,39,41)/t36-/m0/s1. The third-order valence-corrected chi connectivity index (χ3v) is 9.91. The van der Waals surface area contributed by atoms with E-state index in [9.17, 15) is 23.1 Å². The van der Waals surface area contributed by atoms with E-state index in [1.807, 2.05) is 49.8 Å². The third kappa shape index (κ3) is 9.71. The van der Waals surface area contributed by atoms with E-state index in [2.05, 4.69) is 5.32 Å². The number of rotatable bonds is 13. The second-order valence-corrected chi connectivity index (χ2v) is 15.1. The molecule has 0 unspecified atom stereocenters. The van der Waals surface area contributed by atoms with Crippen LogP contribution in [0.25, 0.3) is 11.1 Å². The first kappa shape index (κ1) is 36.7. The number of benzene rings is 3. The fraction of sp³-hybridized carbons (Fsp3) is 0.444. The van der Waals surface area contributed by atoms with Crippen molar-refractivity contribution in [2.75, 3.05) is 31.2 Å². The molecule has 6 N–H and O–H groups in total. The summed E-state index contributed by atoms with van der Waals surface area (Å²) in [5, 5.41) is 23.3. The van der Waals surface area contributed by atoms with Gasteiger partial charge in [0.05, 0.1) is 24.0 Å². The normalized spacial score (nSPS) is 15.3. The van der Waals surface area contributed by atoms with Crippen LogP contribution in [0.5, 0.6) is 5.75 Å².